The van der Waals surface area contributed by atoms with Crippen molar-refractivity contribution >= 4 is 15.9 Å². The third-order valence-electron chi connectivity index (χ3n) is 3.13. The Morgan fingerprint density at radius 1 is 1.42 bits per heavy atom. The van der Waals surface area contributed by atoms with Crippen LogP contribution in [0.15, 0.2) is 0 Å². The molecule has 1 aliphatic rings. The van der Waals surface area contributed by atoms with Crippen LogP contribution in [0.4, 0.5) is 0 Å². The van der Waals surface area contributed by atoms with Gasteiger partial charge in [-0.25, -0.2) is 13.1 Å². The molecule has 0 radical (unpaired) electrons. The second-order valence-electron chi connectivity index (χ2n) is 5.12. The molecule has 2 N–H and O–H groups in total. The summed E-state index contributed by atoms with van der Waals surface area (Å²) in [5.74, 6) is -0.0838. The molecule has 0 aromatic rings. The van der Waals surface area contributed by atoms with Crippen LogP contribution in [-0.2, 0) is 14.8 Å². The van der Waals surface area contributed by atoms with Crippen molar-refractivity contribution in [2.24, 2.45) is 0 Å². The Kier molecular flexibility index (Phi) is 6.74. The number of nitrogens with one attached hydrogen (secondary N) is 2. The van der Waals surface area contributed by atoms with E-state index in [1.54, 1.807) is 0 Å². The average molecular weight is 291 g/mol. The summed E-state index contributed by atoms with van der Waals surface area (Å²) in [6.07, 6.45) is 4.52. The minimum atomic E-state index is -3.21. The molecule has 112 valence electrons. The number of carbonyl (C=O) groups is 1. The molecule has 19 heavy (non-hydrogen) atoms. The van der Waals surface area contributed by atoms with E-state index < -0.39 is 10.0 Å². The van der Waals surface area contributed by atoms with Gasteiger partial charge in [0.15, 0.2) is 0 Å². The van der Waals surface area contributed by atoms with E-state index in [1.807, 2.05) is 0 Å². The highest BCUT2D eigenvalue weighted by Gasteiger charge is 2.20. The van der Waals surface area contributed by atoms with Crippen LogP contribution in [0.2, 0.25) is 0 Å². The molecule has 1 rings (SSSR count). The zero-order valence-electron chi connectivity index (χ0n) is 11.8. The summed E-state index contributed by atoms with van der Waals surface area (Å²) in [4.78, 5) is 14.1. The van der Waals surface area contributed by atoms with Crippen molar-refractivity contribution in [2.75, 3.05) is 32.4 Å². The van der Waals surface area contributed by atoms with Gasteiger partial charge in [0.25, 0.3) is 0 Å². The van der Waals surface area contributed by atoms with Gasteiger partial charge in [-0.3, -0.25) is 4.79 Å². The number of rotatable bonds is 7. The number of sulfonamides is 1. The summed E-state index contributed by atoms with van der Waals surface area (Å²) in [7, 11) is -3.21. The standard InChI is InChI=1S/C12H25N3O3S/c1-3-8-15-9-4-5-11(10-15)14-12(16)6-7-13-19(2,17)18/h11,13H,3-10H2,1-2H3,(H,14,16). The highest BCUT2D eigenvalue weighted by Crippen LogP contribution is 2.10. The molecule has 0 saturated carbocycles. The Morgan fingerprint density at radius 2 is 2.16 bits per heavy atom. The molecule has 0 aliphatic carbocycles. The minimum Gasteiger partial charge on any atom is -0.352 e. The number of hydrogen-bond donors (Lipinski definition) is 2. The van der Waals surface area contributed by atoms with E-state index in [0.717, 1.165) is 45.2 Å². The van der Waals surface area contributed by atoms with Crippen molar-refractivity contribution in [3.05, 3.63) is 0 Å². The number of piperidine rings is 1. The summed E-state index contributed by atoms with van der Waals surface area (Å²) >= 11 is 0. The Hall–Kier alpha value is -0.660. The monoisotopic (exact) mass is 291 g/mol. The third-order valence-corrected chi connectivity index (χ3v) is 3.86. The van der Waals surface area contributed by atoms with E-state index in [1.165, 1.54) is 0 Å². The first kappa shape index (κ1) is 16.4. The number of amides is 1. The van der Waals surface area contributed by atoms with Gasteiger partial charge >= 0.3 is 0 Å². The SMILES string of the molecule is CCCN1CCCC(NC(=O)CCNS(C)(=O)=O)C1. The highest BCUT2D eigenvalue weighted by atomic mass is 32.2. The second kappa shape index (κ2) is 7.81. The number of hydrogen-bond acceptors (Lipinski definition) is 4. The smallest absolute Gasteiger partial charge is 0.221 e. The van der Waals surface area contributed by atoms with Crippen LogP contribution in [0, 0.1) is 0 Å². The molecule has 1 saturated heterocycles. The molecule has 1 unspecified atom stereocenters. The number of likely N-dealkylation sites (tertiary alicyclic amines) is 1. The zero-order valence-corrected chi connectivity index (χ0v) is 12.6. The van der Waals surface area contributed by atoms with Gasteiger partial charge in [-0.05, 0) is 32.4 Å². The van der Waals surface area contributed by atoms with Crippen molar-refractivity contribution in [3.8, 4) is 0 Å². The van der Waals surface area contributed by atoms with Gasteiger partial charge in [-0.15, -0.1) is 0 Å². The fourth-order valence-electron chi connectivity index (χ4n) is 2.34. The lowest BCUT2D eigenvalue weighted by Gasteiger charge is -2.32. The van der Waals surface area contributed by atoms with E-state index in [-0.39, 0.29) is 24.9 Å². The van der Waals surface area contributed by atoms with Crippen molar-refractivity contribution in [3.63, 3.8) is 0 Å². The van der Waals surface area contributed by atoms with Gasteiger partial charge in [0.1, 0.15) is 0 Å². The fraction of sp³-hybridized carbons (Fsp3) is 0.917. The molecule has 6 nitrogen and oxygen atoms in total. The first-order valence-electron chi connectivity index (χ1n) is 6.87. The van der Waals surface area contributed by atoms with Crippen LogP contribution < -0.4 is 10.0 Å². The zero-order chi connectivity index (χ0) is 14.3. The number of carbonyl (C=O) groups excluding carboxylic acids is 1. The van der Waals surface area contributed by atoms with Crippen LogP contribution in [0.25, 0.3) is 0 Å². The lowest BCUT2D eigenvalue weighted by molar-refractivity contribution is -0.122. The van der Waals surface area contributed by atoms with Gasteiger partial charge in [0.2, 0.25) is 15.9 Å². The molecular formula is C12H25N3O3S. The Balaban J connectivity index is 2.24. The number of nitrogens with zero attached hydrogens (tertiary/aromatic N) is 1. The molecule has 1 amide bonds. The lowest BCUT2D eigenvalue weighted by Crippen LogP contribution is -2.48. The quantitative estimate of drug-likeness (QED) is 0.687. The third kappa shape index (κ3) is 7.49. The molecule has 1 aliphatic heterocycles. The van der Waals surface area contributed by atoms with Gasteiger partial charge < -0.3 is 10.2 Å². The maximum Gasteiger partial charge on any atom is 0.221 e. The van der Waals surface area contributed by atoms with Crippen molar-refractivity contribution in [1.82, 2.24) is 14.9 Å². The van der Waals surface area contributed by atoms with Crippen molar-refractivity contribution < 1.29 is 13.2 Å². The molecular weight excluding hydrogens is 266 g/mol. The Morgan fingerprint density at radius 3 is 2.79 bits per heavy atom. The molecule has 1 heterocycles. The van der Waals surface area contributed by atoms with Gasteiger partial charge in [0, 0.05) is 25.6 Å². The Bertz CT molecular complexity index is 382. The van der Waals surface area contributed by atoms with Gasteiger partial charge in [-0.1, -0.05) is 6.92 Å². The van der Waals surface area contributed by atoms with Crippen LogP contribution in [0.1, 0.15) is 32.6 Å². The first-order valence-corrected chi connectivity index (χ1v) is 8.76. The van der Waals surface area contributed by atoms with Crippen LogP contribution in [-0.4, -0.2) is 57.7 Å². The minimum absolute atomic E-state index is 0.0838. The first-order chi connectivity index (χ1) is 8.90. The van der Waals surface area contributed by atoms with E-state index in [0.29, 0.717) is 0 Å². The molecule has 1 atom stereocenters. The summed E-state index contributed by atoms with van der Waals surface area (Å²) in [6.45, 7) is 5.39. The topological polar surface area (TPSA) is 78.5 Å². The van der Waals surface area contributed by atoms with E-state index in [4.69, 9.17) is 0 Å². The van der Waals surface area contributed by atoms with Crippen LogP contribution in [0.5, 0.6) is 0 Å². The summed E-state index contributed by atoms with van der Waals surface area (Å²) in [5.41, 5.74) is 0. The van der Waals surface area contributed by atoms with Gasteiger partial charge in [-0.2, -0.15) is 0 Å². The molecule has 7 heteroatoms. The molecule has 0 spiro atoms. The molecule has 0 bridgehead atoms. The van der Waals surface area contributed by atoms with Crippen LogP contribution >= 0.6 is 0 Å². The molecule has 0 aromatic carbocycles. The predicted octanol–water partition coefficient (Wildman–Crippen LogP) is -0.0837. The normalized spacial score (nSPS) is 21.3. The van der Waals surface area contributed by atoms with Crippen LogP contribution in [0.3, 0.4) is 0 Å². The lowest BCUT2D eigenvalue weighted by atomic mass is 10.1. The van der Waals surface area contributed by atoms with E-state index in [2.05, 4.69) is 21.9 Å². The van der Waals surface area contributed by atoms with Gasteiger partial charge in [0.05, 0.1) is 6.26 Å². The van der Waals surface area contributed by atoms with E-state index >= 15 is 0 Å². The summed E-state index contributed by atoms with van der Waals surface area (Å²) in [5, 5.41) is 2.98. The molecule has 1 fully saturated rings. The predicted molar refractivity (Wildman–Crippen MR) is 75.4 cm³/mol. The van der Waals surface area contributed by atoms with E-state index in [9.17, 15) is 13.2 Å². The Labute approximate surface area is 116 Å². The van der Waals surface area contributed by atoms with Crippen molar-refractivity contribution in [1.29, 1.82) is 0 Å². The fourth-order valence-corrected chi connectivity index (χ4v) is 2.82. The highest BCUT2D eigenvalue weighted by molar-refractivity contribution is 7.88. The summed E-state index contributed by atoms with van der Waals surface area (Å²) in [6, 6.07) is 0.200. The summed E-state index contributed by atoms with van der Waals surface area (Å²) < 4.78 is 24.1. The van der Waals surface area contributed by atoms with Crippen molar-refractivity contribution in [2.45, 2.75) is 38.6 Å². The largest absolute Gasteiger partial charge is 0.352 e. The second-order valence-corrected chi connectivity index (χ2v) is 6.96. The maximum atomic E-state index is 11.7. The average Bonchev–Trinajstić information content (AvgIpc) is 2.28. The molecule has 0 aromatic heterocycles. The maximum absolute atomic E-state index is 11.7.